The average molecular weight is 440 g/mol. The number of aromatic nitrogens is 2. The fourth-order valence-corrected chi connectivity index (χ4v) is 3.43. The monoisotopic (exact) mass is 439 g/mol. The lowest BCUT2D eigenvalue weighted by molar-refractivity contribution is -0.118. The Kier molecular flexibility index (Phi) is 8.35. The van der Waals surface area contributed by atoms with Crippen LogP contribution in [0.25, 0.3) is 11.3 Å². The summed E-state index contributed by atoms with van der Waals surface area (Å²) in [6.45, 7) is 1.88. The van der Waals surface area contributed by atoms with Crippen molar-refractivity contribution in [1.82, 2.24) is 15.3 Å². The fraction of sp³-hybridized carbons (Fsp3) is 0.333. The first kappa shape index (κ1) is 22.7. The molecule has 0 aliphatic carbocycles. The Morgan fingerprint density at radius 1 is 1.10 bits per heavy atom. The molecule has 1 unspecified atom stereocenters. The zero-order chi connectivity index (χ0) is 22.1. The van der Waals surface area contributed by atoms with Crippen molar-refractivity contribution in [3.8, 4) is 11.3 Å². The zero-order valence-electron chi connectivity index (χ0n) is 17.5. The molecule has 0 spiro atoms. The van der Waals surface area contributed by atoms with E-state index in [1.807, 2.05) is 37.3 Å². The maximum atomic E-state index is 12.8. The van der Waals surface area contributed by atoms with E-state index < -0.39 is 6.04 Å². The van der Waals surface area contributed by atoms with E-state index in [2.05, 4.69) is 15.3 Å². The van der Waals surface area contributed by atoms with E-state index in [-0.39, 0.29) is 16.8 Å². The van der Waals surface area contributed by atoms with Crippen molar-refractivity contribution < 1.29 is 14.0 Å². The first-order valence-electron chi connectivity index (χ1n) is 10.5. The van der Waals surface area contributed by atoms with Crippen LogP contribution in [0.4, 0.5) is 0 Å². The minimum atomic E-state index is -0.390. The standard InChI is InChI=1S/C24H26ClN3O3/c1-2-19(29)11-7-4-8-12-20(28-23(30)18-13-14-26-22(25)15-18)24-27-16-21(31-24)17-9-5-3-6-10-17/h3,5-6,9-10,13-16,20H,2,4,7-8,11-12H2,1H3,(H,28,30). The molecular weight excluding hydrogens is 414 g/mol. The van der Waals surface area contributed by atoms with Crippen LogP contribution >= 0.6 is 11.6 Å². The summed E-state index contributed by atoms with van der Waals surface area (Å²) in [4.78, 5) is 32.6. The predicted octanol–water partition coefficient (Wildman–Crippen LogP) is 5.79. The Balaban J connectivity index is 1.70. The molecule has 0 radical (unpaired) electrons. The van der Waals surface area contributed by atoms with E-state index in [1.165, 1.54) is 12.3 Å². The highest BCUT2D eigenvalue weighted by Gasteiger charge is 2.21. The van der Waals surface area contributed by atoms with Crippen molar-refractivity contribution in [1.29, 1.82) is 0 Å². The normalized spacial score (nSPS) is 11.8. The molecule has 1 aromatic carbocycles. The van der Waals surface area contributed by atoms with Gasteiger partial charge in [0.15, 0.2) is 5.76 Å². The third-order valence-electron chi connectivity index (χ3n) is 5.02. The Labute approximate surface area is 187 Å². The van der Waals surface area contributed by atoms with Crippen LogP contribution in [-0.2, 0) is 4.79 Å². The van der Waals surface area contributed by atoms with Crippen LogP contribution in [0.2, 0.25) is 5.15 Å². The number of halogens is 1. The minimum Gasteiger partial charge on any atom is -0.438 e. The van der Waals surface area contributed by atoms with Gasteiger partial charge >= 0.3 is 0 Å². The lowest BCUT2D eigenvalue weighted by atomic mass is 10.0. The van der Waals surface area contributed by atoms with E-state index in [0.717, 1.165) is 24.8 Å². The van der Waals surface area contributed by atoms with Gasteiger partial charge in [0.1, 0.15) is 17.0 Å². The van der Waals surface area contributed by atoms with Gasteiger partial charge in [-0.05, 0) is 25.0 Å². The summed E-state index contributed by atoms with van der Waals surface area (Å²) in [5, 5.41) is 3.26. The predicted molar refractivity (Wildman–Crippen MR) is 120 cm³/mol. The molecule has 1 amide bonds. The molecule has 6 nitrogen and oxygen atoms in total. The van der Waals surface area contributed by atoms with Crippen LogP contribution in [0, 0.1) is 0 Å². The van der Waals surface area contributed by atoms with Gasteiger partial charge in [0.2, 0.25) is 5.89 Å². The Morgan fingerprint density at radius 2 is 1.90 bits per heavy atom. The van der Waals surface area contributed by atoms with Crippen molar-refractivity contribution in [3.05, 3.63) is 71.5 Å². The van der Waals surface area contributed by atoms with Crippen LogP contribution < -0.4 is 5.32 Å². The third-order valence-corrected chi connectivity index (χ3v) is 5.22. The second-order valence-electron chi connectivity index (χ2n) is 7.31. The molecule has 0 saturated heterocycles. The highest BCUT2D eigenvalue weighted by atomic mass is 35.5. The molecule has 0 fully saturated rings. The van der Waals surface area contributed by atoms with Gasteiger partial charge in [0, 0.05) is 30.2 Å². The number of benzene rings is 1. The summed E-state index contributed by atoms with van der Waals surface area (Å²) < 4.78 is 5.99. The number of rotatable bonds is 11. The summed E-state index contributed by atoms with van der Waals surface area (Å²) in [5.41, 5.74) is 1.35. The number of Topliss-reactive ketones (excluding diaryl/α,β-unsaturated/α-hetero) is 1. The maximum absolute atomic E-state index is 12.8. The Morgan fingerprint density at radius 3 is 2.65 bits per heavy atom. The van der Waals surface area contributed by atoms with E-state index in [4.69, 9.17) is 16.0 Å². The molecule has 0 aliphatic heterocycles. The van der Waals surface area contributed by atoms with Gasteiger partial charge < -0.3 is 9.73 Å². The largest absolute Gasteiger partial charge is 0.438 e. The Hall–Kier alpha value is -2.99. The molecule has 7 heteroatoms. The van der Waals surface area contributed by atoms with Crippen molar-refractivity contribution in [2.45, 2.75) is 51.5 Å². The highest BCUT2D eigenvalue weighted by Crippen LogP contribution is 2.26. The summed E-state index contributed by atoms with van der Waals surface area (Å²) in [6, 6.07) is 12.4. The topological polar surface area (TPSA) is 85.1 Å². The van der Waals surface area contributed by atoms with E-state index >= 15 is 0 Å². The molecular formula is C24H26ClN3O3. The van der Waals surface area contributed by atoms with Crippen molar-refractivity contribution in [3.63, 3.8) is 0 Å². The highest BCUT2D eigenvalue weighted by molar-refractivity contribution is 6.29. The molecule has 0 saturated carbocycles. The molecule has 1 N–H and O–H groups in total. The number of hydrogen-bond donors (Lipinski definition) is 1. The van der Waals surface area contributed by atoms with Crippen LogP contribution in [-0.4, -0.2) is 21.7 Å². The van der Waals surface area contributed by atoms with Gasteiger partial charge in [-0.3, -0.25) is 9.59 Å². The number of ketones is 1. The quantitative estimate of drug-likeness (QED) is 0.302. The number of oxazole rings is 1. The van der Waals surface area contributed by atoms with E-state index in [1.54, 1.807) is 12.3 Å². The van der Waals surface area contributed by atoms with Gasteiger partial charge in [-0.2, -0.15) is 0 Å². The molecule has 2 heterocycles. The van der Waals surface area contributed by atoms with Crippen molar-refractivity contribution in [2.75, 3.05) is 0 Å². The average Bonchev–Trinajstić information content (AvgIpc) is 3.28. The van der Waals surface area contributed by atoms with E-state index in [0.29, 0.717) is 36.5 Å². The maximum Gasteiger partial charge on any atom is 0.252 e. The van der Waals surface area contributed by atoms with E-state index in [9.17, 15) is 9.59 Å². The number of carbonyl (C=O) groups excluding carboxylic acids is 2. The van der Waals surface area contributed by atoms with Gasteiger partial charge in [-0.1, -0.05) is 61.7 Å². The number of hydrogen-bond acceptors (Lipinski definition) is 5. The molecule has 31 heavy (non-hydrogen) atoms. The molecule has 1 atom stereocenters. The van der Waals surface area contributed by atoms with Crippen molar-refractivity contribution in [2.24, 2.45) is 0 Å². The summed E-state index contributed by atoms with van der Waals surface area (Å²) in [6.07, 6.45) is 7.57. The smallest absolute Gasteiger partial charge is 0.252 e. The lowest BCUT2D eigenvalue weighted by Crippen LogP contribution is -2.28. The zero-order valence-corrected chi connectivity index (χ0v) is 18.3. The second kappa shape index (κ2) is 11.4. The van der Waals surface area contributed by atoms with Gasteiger partial charge in [0.25, 0.3) is 5.91 Å². The molecule has 162 valence electrons. The molecule has 0 aliphatic rings. The lowest BCUT2D eigenvalue weighted by Gasteiger charge is -2.16. The number of unbranched alkanes of at least 4 members (excludes halogenated alkanes) is 2. The second-order valence-corrected chi connectivity index (χ2v) is 7.70. The van der Waals surface area contributed by atoms with Crippen LogP contribution in [0.1, 0.15) is 67.7 Å². The third kappa shape index (κ3) is 6.76. The first-order chi connectivity index (χ1) is 15.1. The van der Waals surface area contributed by atoms with Gasteiger partial charge in [-0.25, -0.2) is 9.97 Å². The number of carbonyl (C=O) groups is 2. The molecule has 3 rings (SSSR count). The van der Waals surface area contributed by atoms with Crippen LogP contribution in [0.5, 0.6) is 0 Å². The van der Waals surface area contributed by atoms with Gasteiger partial charge in [0.05, 0.1) is 6.20 Å². The molecule has 2 aromatic heterocycles. The fourth-order valence-electron chi connectivity index (χ4n) is 3.25. The first-order valence-corrected chi connectivity index (χ1v) is 10.9. The SMILES string of the molecule is CCC(=O)CCCCCC(NC(=O)c1ccnc(Cl)c1)c1ncc(-c2ccccc2)o1. The molecule has 0 bridgehead atoms. The number of nitrogens with zero attached hydrogens (tertiary/aromatic N) is 2. The van der Waals surface area contributed by atoms with Crippen LogP contribution in [0.3, 0.4) is 0 Å². The van der Waals surface area contributed by atoms with Gasteiger partial charge in [-0.15, -0.1) is 0 Å². The minimum absolute atomic E-state index is 0.257. The summed E-state index contributed by atoms with van der Waals surface area (Å²) in [7, 11) is 0. The van der Waals surface area contributed by atoms with Crippen LogP contribution in [0.15, 0.2) is 59.3 Å². The van der Waals surface area contributed by atoms with Crippen molar-refractivity contribution >= 4 is 23.3 Å². The number of pyridine rings is 1. The summed E-state index contributed by atoms with van der Waals surface area (Å²) >= 11 is 5.92. The Bertz CT molecular complexity index is 1000. The number of nitrogens with one attached hydrogen (secondary N) is 1. The number of amides is 1. The molecule has 3 aromatic rings. The summed E-state index contributed by atoms with van der Waals surface area (Å²) in [5.74, 6) is 1.11.